The van der Waals surface area contributed by atoms with Crippen molar-refractivity contribution >= 4 is 22.6 Å². The molecule has 1 heterocycles. The zero-order valence-corrected chi connectivity index (χ0v) is 16.0. The number of hydrogen-bond acceptors (Lipinski definition) is 4. The predicted molar refractivity (Wildman–Crippen MR) is 113 cm³/mol. The summed E-state index contributed by atoms with van der Waals surface area (Å²) >= 11 is 0. The highest BCUT2D eigenvalue weighted by atomic mass is 16.5. The molecular weight excluding hydrogens is 366 g/mol. The molecule has 6 heteroatoms. The lowest BCUT2D eigenvalue weighted by molar-refractivity contribution is 0.102. The van der Waals surface area contributed by atoms with Gasteiger partial charge in [-0.25, -0.2) is 4.98 Å². The van der Waals surface area contributed by atoms with Crippen LogP contribution in [0.5, 0.6) is 5.75 Å². The summed E-state index contributed by atoms with van der Waals surface area (Å²) in [5.74, 6) is 0.388. The largest absolute Gasteiger partial charge is 0.497 e. The summed E-state index contributed by atoms with van der Waals surface area (Å²) in [4.78, 5) is 32.8. The number of aryl methyl sites for hydroxylation is 1. The number of amides is 1. The SMILES string of the molecule is COc1ccc(C(=O)Nc2ccc(C)cc2-c2nc3ccccc3[nH]c2=O)cc1. The van der Waals surface area contributed by atoms with Crippen LogP contribution < -0.4 is 15.6 Å². The molecule has 6 nitrogen and oxygen atoms in total. The van der Waals surface area contributed by atoms with Crippen molar-refractivity contribution in [3.63, 3.8) is 0 Å². The number of nitrogens with one attached hydrogen (secondary N) is 2. The third-order valence-electron chi connectivity index (χ3n) is 4.63. The normalized spacial score (nSPS) is 10.7. The number of aromatic amines is 1. The van der Waals surface area contributed by atoms with Crippen molar-refractivity contribution in [3.8, 4) is 17.0 Å². The van der Waals surface area contributed by atoms with E-state index in [9.17, 15) is 9.59 Å². The van der Waals surface area contributed by atoms with Crippen LogP contribution in [0.3, 0.4) is 0 Å². The Hall–Kier alpha value is -3.93. The zero-order valence-electron chi connectivity index (χ0n) is 16.0. The first kappa shape index (κ1) is 18.4. The number of aromatic nitrogens is 2. The predicted octanol–water partition coefficient (Wildman–Crippen LogP) is 4.16. The van der Waals surface area contributed by atoms with Crippen molar-refractivity contribution in [2.45, 2.75) is 6.92 Å². The number of carbonyl (C=O) groups is 1. The minimum Gasteiger partial charge on any atom is -0.497 e. The van der Waals surface area contributed by atoms with E-state index in [0.29, 0.717) is 33.6 Å². The molecule has 3 aromatic carbocycles. The highest BCUT2D eigenvalue weighted by molar-refractivity contribution is 6.06. The van der Waals surface area contributed by atoms with Gasteiger partial charge in [-0.3, -0.25) is 9.59 Å². The van der Waals surface area contributed by atoms with Gasteiger partial charge >= 0.3 is 0 Å². The quantitative estimate of drug-likeness (QED) is 0.552. The van der Waals surface area contributed by atoms with Gasteiger partial charge < -0.3 is 15.0 Å². The van der Waals surface area contributed by atoms with Crippen LogP contribution in [0.25, 0.3) is 22.3 Å². The number of para-hydroxylation sites is 2. The van der Waals surface area contributed by atoms with Gasteiger partial charge in [-0.1, -0.05) is 23.8 Å². The number of ether oxygens (including phenoxy) is 1. The molecule has 0 unspecified atom stereocenters. The molecule has 0 aliphatic rings. The van der Waals surface area contributed by atoms with Gasteiger partial charge in [-0.2, -0.15) is 0 Å². The second-order valence-electron chi connectivity index (χ2n) is 6.66. The summed E-state index contributed by atoms with van der Waals surface area (Å²) in [7, 11) is 1.57. The molecule has 0 saturated carbocycles. The lowest BCUT2D eigenvalue weighted by atomic mass is 10.1. The van der Waals surface area contributed by atoms with Crippen molar-refractivity contribution < 1.29 is 9.53 Å². The number of rotatable bonds is 4. The molecular formula is C23H19N3O3. The van der Waals surface area contributed by atoms with E-state index >= 15 is 0 Å². The van der Waals surface area contributed by atoms with Gasteiger partial charge in [-0.05, 0) is 55.5 Å². The van der Waals surface area contributed by atoms with E-state index in [1.165, 1.54) is 0 Å². The first-order chi connectivity index (χ1) is 14.0. The molecule has 0 spiro atoms. The van der Waals surface area contributed by atoms with E-state index < -0.39 is 0 Å². The van der Waals surface area contributed by atoms with Crippen LogP contribution >= 0.6 is 0 Å². The minimum absolute atomic E-state index is 0.262. The summed E-state index contributed by atoms with van der Waals surface area (Å²) in [6.45, 7) is 1.92. The third kappa shape index (κ3) is 3.73. The molecule has 1 amide bonds. The molecule has 0 bridgehead atoms. The molecule has 0 aliphatic heterocycles. The van der Waals surface area contributed by atoms with Crippen molar-refractivity contribution in [2.24, 2.45) is 0 Å². The van der Waals surface area contributed by atoms with Crippen LogP contribution in [0.1, 0.15) is 15.9 Å². The molecule has 1 aromatic heterocycles. The van der Waals surface area contributed by atoms with Crippen molar-refractivity contribution in [1.29, 1.82) is 0 Å². The Kier molecular flexibility index (Phi) is 4.83. The summed E-state index contributed by atoms with van der Waals surface area (Å²) in [6.07, 6.45) is 0. The number of methoxy groups -OCH3 is 1. The van der Waals surface area contributed by atoms with Crippen LogP contribution in [-0.2, 0) is 0 Å². The summed E-state index contributed by atoms with van der Waals surface area (Å²) in [6, 6.07) is 19.7. The molecule has 4 rings (SSSR count). The Balaban J connectivity index is 1.76. The molecule has 29 heavy (non-hydrogen) atoms. The van der Waals surface area contributed by atoms with E-state index in [2.05, 4.69) is 15.3 Å². The Morgan fingerprint density at radius 1 is 1.03 bits per heavy atom. The number of carbonyl (C=O) groups excluding carboxylic acids is 1. The van der Waals surface area contributed by atoms with E-state index in [1.807, 2.05) is 37.3 Å². The molecule has 0 aliphatic carbocycles. The molecule has 144 valence electrons. The van der Waals surface area contributed by atoms with Gasteiger partial charge in [-0.15, -0.1) is 0 Å². The number of hydrogen-bond donors (Lipinski definition) is 2. The summed E-state index contributed by atoms with van der Waals surface area (Å²) < 4.78 is 5.13. The van der Waals surface area contributed by atoms with E-state index in [1.54, 1.807) is 43.5 Å². The molecule has 2 N–H and O–H groups in total. The summed E-state index contributed by atoms with van der Waals surface area (Å²) in [5.41, 5.74) is 3.82. The van der Waals surface area contributed by atoms with Crippen LogP contribution in [0, 0.1) is 6.92 Å². The number of benzene rings is 3. The van der Waals surface area contributed by atoms with Crippen LogP contribution in [-0.4, -0.2) is 23.0 Å². The fourth-order valence-electron chi connectivity index (χ4n) is 3.11. The van der Waals surface area contributed by atoms with E-state index in [4.69, 9.17) is 4.74 Å². The second-order valence-corrected chi connectivity index (χ2v) is 6.66. The van der Waals surface area contributed by atoms with Gasteiger partial charge in [0.1, 0.15) is 11.4 Å². The van der Waals surface area contributed by atoms with Gasteiger partial charge in [0.25, 0.3) is 11.5 Å². The maximum atomic E-state index is 12.7. The van der Waals surface area contributed by atoms with Crippen molar-refractivity contribution in [2.75, 3.05) is 12.4 Å². The number of nitrogens with zero attached hydrogens (tertiary/aromatic N) is 1. The highest BCUT2D eigenvalue weighted by Crippen LogP contribution is 2.27. The van der Waals surface area contributed by atoms with Gasteiger partial charge in [0, 0.05) is 11.1 Å². The fraction of sp³-hybridized carbons (Fsp3) is 0.0870. The first-order valence-electron chi connectivity index (χ1n) is 9.10. The van der Waals surface area contributed by atoms with E-state index in [0.717, 1.165) is 5.56 Å². The molecule has 0 radical (unpaired) electrons. The zero-order chi connectivity index (χ0) is 20.4. The Labute approximate surface area is 167 Å². The lowest BCUT2D eigenvalue weighted by Gasteiger charge is -2.12. The lowest BCUT2D eigenvalue weighted by Crippen LogP contribution is -2.16. The average molecular weight is 385 g/mol. The van der Waals surface area contributed by atoms with E-state index in [-0.39, 0.29) is 17.2 Å². The maximum absolute atomic E-state index is 12.7. The van der Waals surface area contributed by atoms with Gasteiger partial charge in [0.15, 0.2) is 0 Å². The Bertz CT molecular complexity index is 1260. The number of H-pyrrole nitrogens is 1. The highest BCUT2D eigenvalue weighted by Gasteiger charge is 2.15. The first-order valence-corrected chi connectivity index (χ1v) is 9.10. The number of fused-ring (bicyclic) bond motifs is 1. The van der Waals surface area contributed by atoms with Crippen molar-refractivity contribution in [1.82, 2.24) is 9.97 Å². The Morgan fingerprint density at radius 3 is 2.55 bits per heavy atom. The summed E-state index contributed by atoms with van der Waals surface area (Å²) in [5, 5.41) is 2.89. The second kappa shape index (κ2) is 7.59. The standard InChI is InChI=1S/C23H19N3O3/c1-14-7-12-18(25-22(27)15-8-10-16(29-2)11-9-15)17(13-14)21-23(28)26-20-6-4-3-5-19(20)24-21/h3-13H,1-2H3,(H,25,27)(H,26,28). The average Bonchev–Trinajstić information content (AvgIpc) is 2.74. The maximum Gasteiger partial charge on any atom is 0.275 e. The Morgan fingerprint density at radius 2 is 1.79 bits per heavy atom. The molecule has 0 saturated heterocycles. The molecule has 0 atom stereocenters. The number of anilines is 1. The topological polar surface area (TPSA) is 84.1 Å². The van der Waals surface area contributed by atoms with Crippen LogP contribution in [0.2, 0.25) is 0 Å². The van der Waals surface area contributed by atoms with Crippen molar-refractivity contribution in [3.05, 3.63) is 88.2 Å². The fourth-order valence-corrected chi connectivity index (χ4v) is 3.11. The van der Waals surface area contributed by atoms with Crippen LogP contribution in [0.15, 0.2) is 71.5 Å². The monoisotopic (exact) mass is 385 g/mol. The molecule has 4 aromatic rings. The smallest absolute Gasteiger partial charge is 0.275 e. The molecule has 0 fully saturated rings. The third-order valence-corrected chi connectivity index (χ3v) is 4.63. The van der Waals surface area contributed by atoms with Gasteiger partial charge in [0.2, 0.25) is 0 Å². The van der Waals surface area contributed by atoms with Gasteiger partial charge in [0.05, 0.1) is 23.8 Å². The minimum atomic E-state index is -0.311. The van der Waals surface area contributed by atoms with Crippen LogP contribution in [0.4, 0.5) is 5.69 Å².